The third-order valence-electron chi connectivity index (χ3n) is 2.80. The molecule has 0 saturated carbocycles. The van der Waals surface area contributed by atoms with Crippen LogP contribution >= 0.6 is 0 Å². The lowest BCUT2D eigenvalue weighted by atomic mass is 10.1. The average Bonchev–Trinajstić information content (AvgIpc) is 2.53. The summed E-state index contributed by atoms with van der Waals surface area (Å²) in [6, 6.07) is 11.6. The van der Waals surface area contributed by atoms with Crippen LogP contribution in [0.15, 0.2) is 48.7 Å². The molecule has 1 aromatic heterocycles. The van der Waals surface area contributed by atoms with Gasteiger partial charge in [-0.15, -0.1) is 0 Å². The zero-order valence-corrected chi connectivity index (χ0v) is 11.4. The molecule has 0 saturated heterocycles. The Kier molecular flexibility index (Phi) is 4.50. The zero-order chi connectivity index (χ0) is 14.4. The van der Waals surface area contributed by atoms with Gasteiger partial charge in [0.2, 0.25) is 5.88 Å². The van der Waals surface area contributed by atoms with Gasteiger partial charge in [-0.25, -0.2) is 9.78 Å². The van der Waals surface area contributed by atoms with E-state index in [0.717, 1.165) is 16.7 Å². The molecule has 1 aromatic carbocycles. The van der Waals surface area contributed by atoms with Crippen molar-refractivity contribution >= 4 is 12.0 Å². The van der Waals surface area contributed by atoms with Crippen molar-refractivity contribution in [3.8, 4) is 17.0 Å². The van der Waals surface area contributed by atoms with E-state index in [-0.39, 0.29) is 5.97 Å². The Hall–Kier alpha value is -2.62. The maximum absolute atomic E-state index is 11.0. The van der Waals surface area contributed by atoms with Gasteiger partial charge in [0.05, 0.1) is 14.2 Å². The van der Waals surface area contributed by atoms with Crippen LogP contribution in [0, 0.1) is 0 Å². The van der Waals surface area contributed by atoms with E-state index in [2.05, 4.69) is 9.72 Å². The highest BCUT2D eigenvalue weighted by atomic mass is 16.5. The van der Waals surface area contributed by atoms with Gasteiger partial charge in [-0.05, 0) is 23.3 Å². The van der Waals surface area contributed by atoms with Gasteiger partial charge < -0.3 is 9.47 Å². The van der Waals surface area contributed by atoms with E-state index >= 15 is 0 Å². The first-order valence-electron chi connectivity index (χ1n) is 6.09. The van der Waals surface area contributed by atoms with E-state index < -0.39 is 0 Å². The van der Waals surface area contributed by atoms with E-state index in [4.69, 9.17) is 4.74 Å². The molecule has 0 aliphatic rings. The molecule has 0 amide bonds. The minimum atomic E-state index is -0.367. The quantitative estimate of drug-likeness (QED) is 0.632. The largest absolute Gasteiger partial charge is 0.481 e. The number of nitrogens with zero attached hydrogens (tertiary/aromatic N) is 1. The second-order valence-electron chi connectivity index (χ2n) is 4.07. The molecule has 0 spiro atoms. The Balaban J connectivity index is 2.14. The Morgan fingerprint density at radius 3 is 2.30 bits per heavy atom. The summed E-state index contributed by atoms with van der Waals surface area (Å²) in [6.07, 6.45) is 4.87. The van der Waals surface area contributed by atoms with Crippen LogP contribution in [0.4, 0.5) is 0 Å². The van der Waals surface area contributed by atoms with E-state index in [9.17, 15) is 4.79 Å². The summed E-state index contributed by atoms with van der Waals surface area (Å²) in [6.45, 7) is 0. The Morgan fingerprint density at radius 1 is 1.05 bits per heavy atom. The van der Waals surface area contributed by atoms with Crippen LogP contribution < -0.4 is 4.74 Å². The molecule has 0 aliphatic carbocycles. The highest BCUT2D eigenvalue weighted by Gasteiger charge is 1.99. The van der Waals surface area contributed by atoms with Gasteiger partial charge >= 0.3 is 5.97 Å². The van der Waals surface area contributed by atoms with E-state index in [1.807, 2.05) is 36.4 Å². The first-order valence-corrected chi connectivity index (χ1v) is 6.09. The topological polar surface area (TPSA) is 48.4 Å². The average molecular weight is 269 g/mol. The van der Waals surface area contributed by atoms with Crippen molar-refractivity contribution in [1.29, 1.82) is 0 Å². The number of ether oxygens (including phenoxy) is 2. The molecule has 4 heteroatoms. The van der Waals surface area contributed by atoms with Gasteiger partial charge in [-0.1, -0.05) is 24.3 Å². The van der Waals surface area contributed by atoms with Gasteiger partial charge in [0.1, 0.15) is 0 Å². The number of pyridine rings is 1. The molecule has 0 bridgehead atoms. The maximum Gasteiger partial charge on any atom is 0.330 e. The van der Waals surface area contributed by atoms with Gasteiger partial charge in [0, 0.05) is 23.9 Å². The first-order chi connectivity index (χ1) is 9.72. The first kappa shape index (κ1) is 13.8. The summed E-state index contributed by atoms with van der Waals surface area (Å²) < 4.78 is 9.57. The number of methoxy groups -OCH3 is 2. The summed E-state index contributed by atoms with van der Waals surface area (Å²) >= 11 is 0. The Labute approximate surface area is 117 Å². The van der Waals surface area contributed by atoms with Crippen molar-refractivity contribution in [1.82, 2.24) is 4.98 Å². The molecule has 0 fully saturated rings. The van der Waals surface area contributed by atoms with Crippen molar-refractivity contribution < 1.29 is 14.3 Å². The van der Waals surface area contributed by atoms with Crippen LogP contribution in [0.3, 0.4) is 0 Å². The lowest BCUT2D eigenvalue weighted by Crippen LogP contribution is -1.93. The highest BCUT2D eigenvalue weighted by Crippen LogP contribution is 2.21. The lowest BCUT2D eigenvalue weighted by Gasteiger charge is -2.03. The second kappa shape index (κ2) is 6.52. The fraction of sp³-hybridized carbons (Fsp3) is 0.125. The second-order valence-corrected chi connectivity index (χ2v) is 4.07. The number of benzene rings is 1. The lowest BCUT2D eigenvalue weighted by molar-refractivity contribution is -0.134. The number of carbonyl (C=O) groups is 1. The monoisotopic (exact) mass is 269 g/mol. The number of esters is 1. The van der Waals surface area contributed by atoms with Crippen molar-refractivity contribution in [2.75, 3.05) is 14.2 Å². The maximum atomic E-state index is 11.0. The number of hydrogen-bond acceptors (Lipinski definition) is 4. The van der Waals surface area contributed by atoms with Crippen LogP contribution in [0.25, 0.3) is 17.2 Å². The van der Waals surface area contributed by atoms with Gasteiger partial charge in [0.15, 0.2) is 0 Å². The minimum Gasteiger partial charge on any atom is -0.481 e. The molecule has 2 aromatic rings. The van der Waals surface area contributed by atoms with Crippen LogP contribution in [0.2, 0.25) is 0 Å². The van der Waals surface area contributed by atoms with E-state index in [1.54, 1.807) is 19.4 Å². The predicted molar refractivity (Wildman–Crippen MR) is 77.3 cm³/mol. The summed E-state index contributed by atoms with van der Waals surface area (Å²) in [5.74, 6) is 0.222. The molecule has 0 N–H and O–H groups in total. The molecule has 0 atom stereocenters. The van der Waals surface area contributed by atoms with Gasteiger partial charge in [-0.3, -0.25) is 0 Å². The fourth-order valence-corrected chi connectivity index (χ4v) is 1.69. The predicted octanol–water partition coefficient (Wildman–Crippen LogP) is 2.94. The van der Waals surface area contributed by atoms with Crippen LogP contribution in [-0.4, -0.2) is 25.2 Å². The Morgan fingerprint density at radius 2 is 1.75 bits per heavy atom. The smallest absolute Gasteiger partial charge is 0.330 e. The summed E-state index contributed by atoms with van der Waals surface area (Å²) in [4.78, 5) is 15.2. The van der Waals surface area contributed by atoms with Crippen LogP contribution in [0.5, 0.6) is 5.88 Å². The molecule has 20 heavy (non-hydrogen) atoms. The third kappa shape index (κ3) is 3.45. The summed E-state index contributed by atoms with van der Waals surface area (Å²) in [5, 5.41) is 0. The minimum absolute atomic E-state index is 0.367. The van der Waals surface area contributed by atoms with Gasteiger partial charge in [0.25, 0.3) is 0 Å². The molecule has 102 valence electrons. The molecular weight excluding hydrogens is 254 g/mol. The molecule has 0 aliphatic heterocycles. The summed E-state index contributed by atoms with van der Waals surface area (Å²) in [5.41, 5.74) is 2.99. The van der Waals surface area contributed by atoms with Crippen molar-refractivity contribution in [2.45, 2.75) is 0 Å². The fourth-order valence-electron chi connectivity index (χ4n) is 1.69. The molecule has 4 nitrogen and oxygen atoms in total. The normalized spacial score (nSPS) is 10.5. The number of rotatable bonds is 4. The highest BCUT2D eigenvalue weighted by molar-refractivity contribution is 5.87. The summed E-state index contributed by atoms with van der Waals surface area (Å²) in [7, 11) is 2.94. The van der Waals surface area contributed by atoms with E-state index in [0.29, 0.717) is 5.88 Å². The van der Waals surface area contributed by atoms with Crippen molar-refractivity contribution in [2.24, 2.45) is 0 Å². The third-order valence-corrected chi connectivity index (χ3v) is 2.80. The molecular formula is C16H15NO3. The molecule has 0 unspecified atom stereocenters. The van der Waals surface area contributed by atoms with Crippen molar-refractivity contribution in [3.05, 3.63) is 54.2 Å². The molecule has 2 rings (SSSR count). The molecule has 0 radical (unpaired) electrons. The standard InChI is InChI=1S/C16H15NO3/c1-19-15-9-8-14(11-17-15)13-6-3-12(4-7-13)5-10-16(18)20-2/h3-11H,1-2H3/b10-5+. The number of aromatic nitrogens is 1. The van der Waals surface area contributed by atoms with Crippen LogP contribution in [-0.2, 0) is 9.53 Å². The van der Waals surface area contributed by atoms with E-state index in [1.165, 1.54) is 13.2 Å². The SMILES string of the molecule is COC(=O)/C=C/c1ccc(-c2ccc(OC)nc2)cc1. The van der Waals surface area contributed by atoms with Gasteiger partial charge in [-0.2, -0.15) is 0 Å². The number of hydrogen-bond donors (Lipinski definition) is 0. The van der Waals surface area contributed by atoms with Crippen LogP contribution in [0.1, 0.15) is 5.56 Å². The Bertz CT molecular complexity index is 601. The zero-order valence-electron chi connectivity index (χ0n) is 11.4. The number of carbonyl (C=O) groups excluding carboxylic acids is 1. The molecule has 1 heterocycles. The van der Waals surface area contributed by atoms with Crippen molar-refractivity contribution in [3.63, 3.8) is 0 Å².